The Morgan fingerprint density at radius 3 is 2.54 bits per heavy atom. The minimum Gasteiger partial charge on any atom is -0.423 e. The maximum absolute atomic E-state index is 12.2. The Bertz CT molecular complexity index is 653. The Hall–Kier alpha value is -1.88. The molecule has 2 rings (SSSR count). The number of nitrogens with one attached hydrogen (secondary N) is 1. The highest BCUT2D eigenvalue weighted by molar-refractivity contribution is 6.30. The Morgan fingerprint density at radius 2 is 1.96 bits per heavy atom. The monoisotopic (exact) mass is 349 g/mol. The van der Waals surface area contributed by atoms with E-state index in [4.69, 9.17) is 16.0 Å². The van der Waals surface area contributed by atoms with Gasteiger partial charge in [-0.05, 0) is 42.9 Å². The van der Waals surface area contributed by atoms with Crippen LogP contribution in [0.3, 0.4) is 0 Å². The standard InChI is InChI=1S/C18H24ClN3O2/c1-12(2)11-16(18-22-21-13(3)24-18)20-17(23)6-4-5-14-7-9-15(19)10-8-14/h7-10,12,16H,4-6,11H2,1-3H3,(H,20,23). The number of hydrogen-bond donors (Lipinski definition) is 1. The Kier molecular flexibility index (Phi) is 6.79. The van der Waals surface area contributed by atoms with Crippen LogP contribution in [-0.2, 0) is 11.2 Å². The van der Waals surface area contributed by atoms with Crippen LogP contribution in [0.4, 0.5) is 0 Å². The number of carbonyl (C=O) groups excluding carboxylic acids is 1. The van der Waals surface area contributed by atoms with Gasteiger partial charge in [-0.25, -0.2) is 0 Å². The molecule has 1 atom stereocenters. The molecule has 1 aromatic carbocycles. The van der Waals surface area contributed by atoms with Gasteiger partial charge in [0.15, 0.2) is 0 Å². The lowest BCUT2D eigenvalue weighted by molar-refractivity contribution is -0.122. The number of hydrogen-bond acceptors (Lipinski definition) is 4. The molecule has 0 aliphatic rings. The normalized spacial score (nSPS) is 12.4. The molecule has 0 saturated carbocycles. The van der Waals surface area contributed by atoms with Crippen molar-refractivity contribution in [3.8, 4) is 0 Å². The van der Waals surface area contributed by atoms with Crippen molar-refractivity contribution >= 4 is 17.5 Å². The van der Waals surface area contributed by atoms with Gasteiger partial charge in [0.2, 0.25) is 17.7 Å². The predicted octanol–water partition coefficient (Wildman–Crippen LogP) is 4.26. The van der Waals surface area contributed by atoms with E-state index in [9.17, 15) is 4.79 Å². The molecule has 6 heteroatoms. The van der Waals surface area contributed by atoms with Gasteiger partial charge in [-0.3, -0.25) is 4.79 Å². The molecule has 0 aliphatic heterocycles. The van der Waals surface area contributed by atoms with Gasteiger partial charge in [0.1, 0.15) is 6.04 Å². The minimum absolute atomic E-state index is 0.00506. The molecule has 24 heavy (non-hydrogen) atoms. The van der Waals surface area contributed by atoms with E-state index in [-0.39, 0.29) is 11.9 Å². The zero-order chi connectivity index (χ0) is 17.5. The first-order valence-electron chi connectivity index (χ1n) is 8.28. The SMILES string of the molecule is Cc1nnc(C(CC(C)C)NC(=O)CCCc2ccc(Cl)cc2)o1. The Balaban J connectivity index is 1.84. The minimum atomic E-state index is -0.228. The van der Waals surface area contributed by atoms with Gasteiger partial charge in [-0.2, -0.15) is 0 Å². The van der Waals surface area contributed by atoms with E-state index in [2.05, 4.69) is 29.4 Å². The van der Waals surface area contributed by atoms with Crippen molar-refractivity contribution in [3.05, 3.63) is 46.6 Å². The van der Waals surface area contributed by atoms with E-state index < -0.39 is 0 Å². The molecule has 1 N–H and O–H groups in total. The van der Waals surface area contributed by atoms with Crippen LogP contribution in [0.25, 0.3) is 0 Å². The number of nitrogens with zero attached hydrogens (tertiary/aromatic N) is 2. The Morgan fingerprint density at radius 1 is 1.25 bits per heavy atom. The lowest BCUT2D eigenvalue weighted by atomic mass is 10.0. The zero-order valence-electron chi connectivity index (χ0n) is 14.4. The highest BCUT2D eigenvalue weighted by Gasteiger charge is 2.21. The molecule has 1 heterocycles. The number of halogens is 1. The van der Waals surface area contributed by atoms with E-state index in [0.29, 0.717) is 24.1 Å². The molecular weight excluding hydrogens is 326 g/mol. The van der Waals surface area contributed by atoms with Gasteiger partial charge in [0.25, 0.3) is 0 Å². The second-order valence-corrected chi connectivity index (χ2v) is 6.83. The average molecular weight is 350 g/mol. The molecule has 0 fully saturated rings. The molecular formula is C18H24ClN3O2. The van der Waals surface area contributed by atoms with E-state index in [1.54, 1.807) is 6.92 Å². The highest BCUT2D eigenvalue weighted by Crippen LogP contribution is 2.20. The van der Waals surface area contributed by atoms with E-state index in [1.165, 1.54) is 5.56 Å². The van der Waals surface area contributed by atoms with Gasteiger partial charge in [0, 0.05) is 18.4 Å². The third kappa shape index (κ3) is 5.96. The molecule has 2 aromatic rings. The first-order chi connectivity index (χ1) is 11.4. The predicted molar refractivity (Wildman–Crippen MR) is 93.8 cm³/mol. The molecule has 1 unspecified atom stereocenters. The van der Waals surface area contributed by atoms with Gasteiger partial charge < -0.3 is 9.73 Å². The fraction of sp³-hybridized carbons (Fsp3) is 0.500. The summed E-state index contributed by atoms with van der Waals surface area (Å²) in [4.78, 5) is 12.2. The largest absolute Gasteiger partial charge is 0.423 e. The van der Waals surface area contributed by atoms with Crippen LogP contribution in [0.2, 0.25) is 5.02 Å². The van der Waals surface area contributed by atoms with Gasteiger partial charge in [-0.15, -0.1) is 10.2 Å². The van der Waals surface area contributed by atoms with Crippen molar-refractivity contribution < 1.29 is 9.21 Å². The number of carbonyl (C=O) groups is 1. The van der Waals surface area contributed by atoms with Crippen molar-refractivity contribution in [3.63, 3.8) is 0 Å². The van der Waals surface area contributed by atoms with Crippen LogP contribution in [0.15, 0.2) is 28.7 Å². The van der Waals surface area contributed by atoms with E-state index >= 15 is 0 Å². The van der Waals surface area contributed by atoms with Crippen LogP contribution in [0.1, 0.15) is 56.5 Å². The molecule has 5 nitrogen and oxygen atoms in total. The molecule has 1 amide bonds. The number of aromatic nitrogens is 2. The molecule has 0 radical (unpaired) electrons. The second kappa shape index (κ2) is 8.83. The van der Waals surface area contributed by atoms with Crippen LogP contribution in [-0.4, -0.2) is 16.1 Å². The van der Waals surface area contributed by atoms with Gasteiger partial charge >= 0.3 is 0 Å². The maximum Gasteiger partial charge on any atom is 0.238 e. The second-order valence-electron chi connectivity index (χ2n) is 6.39. The highest BCUT2D eigenvalue weighted by atomic mass is 35.5. The van der Waals surface area contributed by atoms with Crippen LogP contribution >= 0.6 is 11.6 Å². The number of aryl methyl sites for hydroxylation is 2. The van der Waals surface area contributed by atoms with Gasteiger partial charge in [-0.1, -0.05) is 37.6 Å². The van der Waals surface area contributed by atoms with E-state index in [0.717, 1.165) is 24.3 Å². The number of amides is 1. The van der Waals surface area contributed by atoms with Crippen molar-refractivity contribution in [2.75, 3.05) is 0 Å². The third-order valence-corrected chi connectivity index (χ3v) is 3.92. The number of rotatable bonds is 8. The lowest BCUT2D eigenvalue weighted by Crippen LogP contribution is -2.29. The summed E-state index contributed by atoms with van der Waals surface area (Å²) in [5.74, 6) is 1.41. The Labute approximate surface area is 147 Å². The maximum atomic E-state index is 12.2. The van der Waals surface area contributed by atoms with Crippen molar-refractivity contribution in [2.24, 2.45) is 5.92 Å². The zero-order valence-corrected chi connectivity index (χ0v) is 15.1. The average Bonchev–Trinajstić information content (AvgIpc) is 2.95. The summed E-state index contributed by atoms with van der Waals surface area (Å²) >= 11 is 5.87. The van der Waals surface area contributed by atoms with Crippen molar-refractivity contribution in [1.29, 1.82) is 0 Å². The molecule has 0 bridgehead atoms. The topological polar surface area (TPSA) is 68.0 Å². The molecule has 0 spiro atoms. The molecule has 0 aliphatic carbocycles. The quantitative estimate of drug-likeness (QED) is 0.773. The smallest absolute Gasteiger partial charge is 0.238 e. The van der Waals surface area contributed by atoms with Crippen LogP contribution in [0.5, 0.6) is 0 Å². The fourth-order valence-electron chi connectivity index (χ4n) is 2.52. The third-order valence-electron chi connectivity index (χ3n) is 3.66. The van der Waals surface area contributed by atoms with Gasteiger partial charge in [0.05, 0.1) is 0 Å². The first-order valence-corrected chi connectivity index (χ1v) is 8.65. The van der Waals surface area contributed by atoms with Crippen LogP contribution in [0, 0.1) is 12.8 Å². The van der Waals surface area contributed by atoms with Crippen molar-refractivity contribution in [2.45, 2.75) is 52.5 Å². The van der Waals surface area contributed by atoms with Crippen molar-refractivity contribution in [1.82, 2.24) is 15.5 Å². The summed E-state index contributed by atoms with van der Waals surface area (Å²) in [5.41, 5.74) is 1.18. The first kappa shape index (κ1) is 18.5. The summed E-state index contributed by atoms with van der Waals surface area (Å²) in [6.45, 7) is 5.95. The molecule has 1 aromatic heterocycles. The molecule has 130 valence electrons. The summed E-state index contributed by atoms with van der Waals surface area (Å²) in [7, 11) is 0. The summed E-state index contributed by atoms with van der Waals surface area (Å²) < 4.78 is 5.48. The molecule has 0 saturated heterocycles. The number of benzene rings is 1. The lowest BCUT2D eigenvalue weighted by Gasteiger charge is -2.17. The summed E-state index contributed by atoms with van der Waals surface area (Å²) in [6.07, 6.45) is 2.86. The summed E-state index contributed by atoms with van der Waals surface area (Å²) in [6, 6.07) is 7.49. The van der Waals surface area contributed by atoms with E-state index in [1.807, 2.05) is 24.3 Å². The fourth-order valence-corrected chi connectivity index (χ4v) is 2.64. The van der Waals surface area contributed by atoms with Crippen LogP contribution < -0.4 is 5.32 Å². The summed E-state index contributed by atoms with van der Waals surface area (Å²) in [5, 5.41) is 11.6.